The SMILES string of the molecule is O=C(CC1CCCCN1S(=O)(=O)c1ccc(F)cc1)Nc1ccc(F)c(Cl)c1. The fourth-order valence-electron chi connectivity index (χ4n) is 3.24. The molecule has 2 aromatic carbocycles. The molecule has 1 amide bonds. The number of carbonyl (C=O) groups is 1. The topological polar surface area (TPSA) is 66.5 Å². The lowest BCUT2D eigenvalue weighted by Crippen LogP contribution is -2.45. The van der Waals surface area contributed by atoms with Crippen LogP contribution in [0.3, 0.4) is 0 Å². The van der Waals surface area contributed by atoms with Gasteiger partial charge in [-0.15, -0.1) is 0 Å². The quantitative estimate of drug-likeness (QED) is 0.776. The van der Waals surface area contributed by atoms with E-state index in [-0.39, 0.29) is 16.3 Å². The van der Waals surface area contributed by atoms with E-state index in [9.17, 15) is 22.0 Å². The van der Waals surface area contributed by atoms with E-state index in [2.05, 4.69) is 5.32 Å². The van der Waals surface area contributed by atoms with Crippen molar-refractivity contribution in [2.75, 3.05) is 11.9 Å². The number of hydrogen-bond donors (Lipinski definition) is 1. The van der Waals surface area contributed by atoms with E-state index in [0.717, 1.165) is 24.6 Å². The molecular formula is C19H19ClF2N2O3S. The standard InChI is InChI=1S/C19H19ClF2N2O3S/c20-17-11-14(6-9-18(17)22)23-19(25)12-15-3-1-2-10-24(15)28(26,27)16-7-4-13(21)5-8-16/h4-9,11,15H,1-3,10,12H2,(H,23,25). The van der Waals surface area contributed by atoms with Crippen LogP contribution in [0.15, 0.2) is 47.4 Å². The van der Waals surface area contributed by atoms with E-state index < -0.39 is 33.6 Å². The van der Waals surface area contributed by atoms with Gasteiger partial charge in [0.15, 0.2) is 0 Å². The average molecular weight is 429 g/mol. The average Bonchev–Trinajstić information content (AvgIpc) is 2.65. The molecule has 0 spiro atoms. The van der Waals surface area contributed by atoms with Crippen LogP contribution in [-0.2, 0) is 14.8 Å². The molecule has 150 valence electrons. The molecule has 5 nitrogen and oxygen atoms in total. The van der Waals surface area contributed by atoms with Crippen LogP contribution in [0, 0.1) is 11.6 Å². The Balaban J connectivity index is 1.74. The monoisotopic (exact) mass is 428 g/mol. The zero-order valence-electron chi connectivity index (χ0n) is 14.9. The molecule has 0 saturated carbocycles. The van der Waals surface area contributed by atoms with Crippen LogP contribution < -0.4 is 5.32 Å². The smallest absolute Gasteiger partial charge is 0.243 e. The van der Waals surface area contributed by atoms with Gasteiger partial charge in [-0.05, 0) is 55.3 Å². The summed E-state index contributed by atoms with van der Waals surface area (Å²) in [6, 6.07) is 7.93. The molecule has 1 heterocycles. The van der Waals surface area contributed by atoms with Gasteiger partial charge in [0.2, 0.25) is 15.9 Å². The third-order valence-corrected chi connectivity index (χ3v) is 6.87. The third kappa shape index (κ3) is 4.68. The molecular weight excluding hydrogens is 410 g/mol. The molecule has 1 aliphatic rings. The van der Waals surface area contributed by atoms with Crippen LogP contribution >= 0.6 is 11.6 Å². The van der Waals surface area contributed by atoms with E-state index in [0.29, 0.717) is 25.1 Å². The number of sulfonamides is 1. The van der Waals surface area contributed by atoms with E-state index in [1.165, 1.54) is 28.6 Å². The summed E-state index contributed by atoms with van der Waals surface area (Å²) in [5.41, 5.74) is 0.333. The Bertz CT molecular complexity index is 968. The highest BCUT2D eigenvalue weighted by atomic mass is 35.5. The number of nitrogens with one attached hydrogen (secondary N) is 1. The Kier molecular flexibility index (Phi) is 6.32. The Morgan fingerprint density at radius 1 is 1.14 bits per heavy atom. The van der Waals surface area contributed by atoms with Crippen molar-refractivity contribution < 1.29 is 22.0 Å². The minimum Gasteiger partial charge on any atom is -0.326 e. The maximum absolute atomic E-state index is 13.2. The lowest BCUT2D eigenvalue weighted by molar-refractivity contribution is -0.117. The van der Waals surface area contributed by atoms with E-state index in [1.54, 1.807) is 0 Å². The highest BCUT2D eigenvalue weighted by molar-refractivity contribution is 7.89. The number of carbonyl (C=O) groups excluding carboxylic acids is 1. The summed E-state index contributed by atoms with van der Waals surface area (Å²) in [6.45, 7) is 0.292. The van der Waals surface area contributed by atoms with Crippen LogP contribution in [-0.4, -0.2) is 31.2 Å². The molecule has 3 rings (SSSR count). The van der Waals surface area contributed by atoms with Crippen molar-refractivity contribution in [2.24, 2.45) is 0 Å². The van der Waals surface area contributed by atoms with E-state index >= 15 is 0 Å². The molecule has 0 aliphatic carbocycles. The summed E-state index contributed by atoms with van der Waals surface area (Å²) in [4.78, 5) is 12.4. The number of anilines is 1. The fourth-order valence-corrected chi connectivity index (χ4v) is 5.11. The van der Waals surface area contributed by atoms with Gasteiger partial charge in [0, 0.05) is 24.7 Å². The molecule has 0 radical (unpaired) electrons. The summed E-state index contributed by atoms with van der Waals surface area (Å²) in [7, 11) is -3.84. The van der Waals surface area contributed by atoms with Crippen LogP contribution in [0.25, 0.3) is 0 Å². The second kappa shape index (κ2) is 8.55. The second-order valence-corrected chi connectivity index (χ2v) is 8.90. The maximum Gasteiger partial charge on any atom is 0.243 e. The van der Waals surface area contributed by atoms with Crippen LogP contribution in [0.1, 0.15) is 25.7 Å². The Morgan fingerprint density at radius 2 is 1.86 bits per heavy atom. The lowest BCUT2D eigenvalue weighted by atomic mass is 10.0. The zero-order chi connectivity index (χ0) is 20.3. The Morgan fingerprint density at radius 3 is 2.54 bits per heavy atom. The van der Waals surface area contributed by atoms with Gasteiger partial charge in [-0.3, -0.25) is 4.79 Å². The minimum absolute atomic E-state index is 0.00785. The van der Waals surface area contributed by atoms with E-state index in [4.69, 9.17) is 11.6 Å². The van der Waals surface area contributed by atoms with Crippen molar-refractivity contribution in [3.05, 3.63) is 59.1 Å². The Labute approximate surface area is 167 Å². The van der Waals surface area contributed by atoms with Crippen molar-refractivity contribution in [3.63, 3.8) is 0 Å². The zero-order valence-corrected chi connectivity index (χ0v) is 16.4. The second-order valence-electron chi connectivity index (χ2n) is 6.60. The predicted molar refractivity (Wildman–Crippen MR) is 103 cm³/mol. The van der Waals surface area contributed by atoms with Crippen LogP contribution in [0.4, 0.5) is 14.5 Å². The number of piperidine rings is 1. The van der Waals surface area contributed by atoms with Crippen molar-refractivity contribution in [2.45, 2.75) is 36.6 Å². The number of rotatable bonds is 5. The molecule has 1 N–H and O–H groups in total. The number of benzene rings is 2. The van der Waals surface area contributed by atoms with Crippen LogP contribution in [0.5, 0.6) is 0 Å². The van der Waals surface area contributed by atoms with Gasteiger partial charge >= 0.3 is 0 Å². The molecule has 1 unspecified atom stereocenters. The number of amides is 1. The summed E-state index contributed by atoms with van der Waals surface area (Å²) in [5, 5.41) is 2.50. The highest BCUT2D eigenvalue weighted by Gasteiger charge is 2.34. The number of halogens is 3. The van der Waals surface area contributed by atoms with Gasteiger partial charge in [-0.2, -0.15) is 4.31 Å². The molecule has 1 atom stereocenters. The molecule has 1 fully saturated rings. The first-order valence-electron chi connectivity index (χ1n) is 8.79. The highest BCUT2D eigenvalue weighted by Crippen LogP contribution is 2.28. The van der Waals surface area contributed by atoms with Gasteiger partial charge in [0.05, 0.1) is 9.92 Å². The van der Waals surface area contributed by atoms with Gasteiger partial charge < -0.3 is 5.32 Å². The molecule has 0 aromatic heterocycles. The van der Waals surface area contributed by atoms with Crippen molar-refractivity contribution in [1.29, 1.82) is 0 Å². The number of hydrogen-bond acceptors (Lipinski definition) is 3. The summed E-state index contributed by atoms with van der Waals surface area (Å²) in [5.74, 6) is -1.51. The first kappa shape index (κ1) is 20.7. The Hall–Kier alpha value is -2.03. The van der Waals surface area contributed by atoms with Crippen LogP contribution in [0.2, 0.25) is 5.02 Å². The van der Waals surface area contributed by atoms with Crippen molar-refractivity contribution in [3.8, 4) is 0 Å². The molecule has 28 heavy (non-hydrogen) atoms. The first-order chi connectivity index (χ1) is 13.3. The summed E-state index contributed by atoms with van der Waals surface area (Å²) < 4.78 is 53.6. The maximum atomic E-state index is 13.2. The lowest BCUT2D eigenvalue weighted by Gasteiger charge is -2.34. The van der Waals surface area contributed by atoms with Gasteiger partial charge in [0.25, 0.3) is 0 Å². The van der Waals surface area contributed by atoms with E-state index in [1.807, 2.05) is 0 Å². The normalized spacial score (nSPS) is 18.0. The van der Waals surface area contributed by atoms with Gasteiger partial charge in [0.1, 0.15) is 11.6 Å². The number of nitrogens with zero attached hydrogens (tertiary/aromatic N) is 1. The molecule has 1 aliphatic heterocycles. The molecule has 9 heteroatoms. The molecule has 0 bridgehead atoms. The minimum atomic E-state index is -3.84. The van der Waals surface area contributed by atoms with Gasteiger partial charge in [-0.1, -0.05) is 18.0 Å². The van der Waals surface area contributed by atoms with Crippen molar-refractivity contribution >= 4 is 33.2 Å². The first-order valence-corrected chi connectivity index (χ1v) is 10.6. The summed E-state index contributed by atoms with van der Waals surface area (Å²) in [6.07, 6.45) is 1.98. The summed E-state index contributed by atoms with van der Waals surface area (Å²) >= 11 is 5.71. The molecule has 2 aromatic rings. The largest absolute Gasteiger partial charge is 0.326 e. The van der Waals surface area contributed by atoms with Crippen molar-refractivity contribution in [1.82, 2.24) is 4.31 Å². The van der Waals surface area contributed by atoms with Gasteiger partial charge in [-0.25, -0.2) is 17.2 Å². The predicted octanol–water partition coefficient (Wildman–Crippen LogP) is 4.19. The molecule has 1 saturated heterocycles. The fraction of sp³-hybridized carbons (Fsp3) is 0.316. The third-order valence-electron chi connectivity index (χ3n) is 4.62.